The van der Waals surface area contributed by atoms with Crippen molar-refractivity contribution in [3.63, 3.8) is 0 Å². The number of benzene rings is 1. The van der Waals surface area contributed by atoms with Crippen LogP contribution in [0.2, 0.25) is 0 Å². The highest BCUT2D eigenvalue weighted by Gasteiger charge is 2.06. The summed E-state index contributed by atoms with van der Waals surface area (Å²) >= 11 is 0. The van der Waals surface area contributed by atoms with Gasteiger partial charge in [-0.25, -0.2) is 0 Å². The third kappa shape index (κ3) is 4.14. The molecule has 0 atom stereocenters. The van der Waals surface area contributed by atoms with E-state index >= 15 is 0 Å². The first-order valence-electron chi connectivity index (χ1n) is 6.90. The van der Waals surface area contributed by atoms with Gasteiger partial charge >= 0.3 is 0 Å². The van der Waals surface area contributed by atoms with Crippen molar-refractivity contribution in [1.29, 1.82) is 5.41 Å². The molecule has 0 saturated carbocycles. The molecular formula is C17H25N. The third-order valence-corrected chi connectivity index (χ3v) is 3.27. The Hall–Kier alpha value is -1.37. The smallest absolute Gasteiger partial charge is 0.0361 e. The van der Waals surface area contributed by atoms with Gasteiger partial charge in [-0.2, -0.15) is 0 Å². The van der Waals surface area contributed by atoms with Crippen molar-refractivity contribution in [2.24, 2.45) is 0 Å². The predicted molar refractivity (Wildman–Crippen MR) is 81.5 cm³/mol. The van der Waals surface area contributed by atoms with Crippen LogP contribution in [0.15, 0.2) is 24.8 Å². The van der Waals surface area contributed by atoms with E-state index in [1.165, 1.54) is 31.2 Å². The van der Waals surface area contributed by atoms with Gasteiger partial charge in [0.25, 0.3) is 0 Å². The molecule has 0 aliphatic carbocycles. The Kier molecular flexibility index (Phi) is 5.84. The largest absolute Gasteiger partial charge is 0.305 e. The third-order valence-electron chi connectivity index (χ3n) is 3.27. The first kappa shape index (κ1) is 14.7. The van der Waals surface area contributed by atoms with Crippen LogP contribution in [0.5, 0.6) is 0 Å². The van der Waals surface area contributed by atoms with E-state index in [2.05, 4.69) is 31.7 Å². The molecule has 1 heteroatoms. The highest BCUT2D eigenvalue weighted by Crippen LogP contribution is 2.21. The molecule has 98 valence electrons. The van der Waals surface area contributed by atoms with Gasteiger partial charge in [-0.15, -0.1) is 0 Å². The van der Waals surface area contributed by atoms with E-state index in [1.807, 2.05) is 13.8 Å². The Morgan fingerprint density at radius 1 is 1.11 bits per heavy atom. The van der Waals surface area contributed by atoms with E-state index in [9.17, 15) is 0 Å². The summed E-state index contributed by atoms with van der Waals surface area (Å²) in [6, 6.07) is 6.46. The standard InChI is InChI=1S/C17H25N/c1-5-6-7-8-9-15-10-11-16(13(2)3)17(12-15)14(4)18/h10-12,18H,2,5-9H2,1,3-4H3. The summed E-state index contributed by atoms with van der Waals surface area (Å²) < 4.78 is 0. The van der Waals surface area contributed by atoms with Gasteiger partial charge in [-0.1, -0.05) is 50.5 Å². The molecule has 1 aromatic rings. The maximum Gasteiger partial charge on any atom is 0.0361 e. The SMILES string of the molecule is C=C(C)c1ccc(CCCCCC)cc1C(C)=N. The van der Waals surface area contributed by atoms with Crippen molar-refractivity contribution in [2.45, 2.75) is 52.9 Å². The normalized spacial score (nSPS) is 10.4. The van der Waals surface area contributed by atoms with Gasteiger partial charge in [0.15, 0.2) is 0 Å². The van der Waals surface area contributed by atoms with Crippen LogP contribution in [0, 0.1) is 5.41 Å². The zero-order valence-corrected chi connectivity index (χ0v) is 12.0. The van der Waals surface area contributed by atoms with Gasteiger partial charge in [0.1, 0.15) is 0 Å². The summed E-state index contributed by atoms with van der Waals surface area (Å²) in [5.41, 5.74) is 5.16. The number of nitrogens with one attached hydrogen (secondary N) is 1. The minimum Gasteiger partial charge on any atom is -0.305 e. The van der Waals surface area contributed by atoms with E-state index in [4.69, 9.17) is 5.41 Å². The Bertz CT molecular complexity index is 429. The maximum absolute atomic E-state index is 7.87. The van der Waals surface area contributed by atoms with Crippen molar-refractivity contribution in [3.05, 3.63) is 41.5 Å². The van der Waals surface area contributed by atoms with Gasteiger partial charge in [-0.05, 0) is 43.9 Å². The zero-order valence-electron chi connectivity index (χ0n) is 12.0. The second kappa shape index (κ2) is 7.15. The molecule has 0 heterocycles. The predicted octanol–water partition coefficient (Wildman–Crippen LogP) is 5.23. The maximum atomic E-state index is 7.87. The number of allylic oxidation sites excluding steroid dienone is 1. The Morgan fingerprint density at radius 3 is 2.39 bits per heavy atom. The van der Waals surface area contributed by atoms with Crippen LogP contribution in [0.4, 0.5) is 0 Å². The molecular weight excluding hydrogens is 218 g/mol. The molecule has 0 aromatic heterocycles. The average Bonchev–Trinajstić information content (AvgIpc) is 2.34. The highest BCUT2D eigenvalue weighted by atomic mass is 14.4. The first-order chi connectivity index (χ1) is 8.56. The van der Waals surface area contributed by atoms with Gasteiger partial charge in [0.05, 0.1) is 0 Å². The molecule has 1 aromatic carbocycles. The van der Waals surface area contributed by atoms with Crippen LogP contribution in [0.3, 0.4) is 0 Å². The second-order valence-corrected chi connectivity index (χ2v) is 5.10. The van der Waals surface area contributed by atoms with Crippen LogP contribution >= 0.6 is 0 Å². The molecule has 18 heavy (non-hydrogen) atoms. The molecule has 0 amide bonds. The molecule has 0 aliphatic heterocycles. The molecule has 0 aliphatic rings. The number of hydrogen-bond donors (Lipinski definition) is 1. The van der Waals surface area contributed by atoms with Crippen LogP contribution < -0.4 is 0 Å². The van der Waals surface area contributed by atoms with Crippen molar-refractivity contribution < 1.29 is 0 Å². The fraction of sp³-hybridized carbons (Fsp3) is 0.471. The average molecular weight is 243 g/mol. The lowest BCUT2D eigenvalue weighted by molar-refractivity contribution is 0.667. The van der Waals surface area contributed by atoms with Gasteiger partial charge in [0.2, 0.25) is 0 Å². The molecule has 1 N–H and O–H groups in total. The van der Waals surface area contributed by atoms with Crippen LogP contribution in [-0.2, 0) is 6.42 Å². The lowest BCUT2D eigenvalue weighted by atomic mass is 9.94. The second-order valence-electron chi connectivity index (χ2n) is 5.10. The summed E-state index contributed by atoms with van der Waals surface area (Å²) in [4.78, 5) is 0. The lowest BCUT2D eigenvalue weighted by Crippen LogP contribution is -2.00. The number of hydrogen-bond acceptors (Lipinski definition) is 1. The summed E-state index contributed by atoms with van der Waals surface area (Å²) in [7, 11) is 0. The fourth-order valence-corrected chi connectivity index (χ4v) is 2.19. The summed E-state index contributed by atoms with van der Waals surface area (Å²) in [5.74, 6) is 0. The van der Waals surface area contributed by atoms with Gasteiger partial charge < -0.3 is 5.41 Å². The molecule has 0 saturated heterocycles. The Morgan fingerprint density at radius 2 is 1.83 bits per heavy atom. The van der Waals surface area contributed by atoms with E-state index in [-0.39, 0.29) is 0 Å². The fourth-order valence-electron chi connectivity index (χ4n) is 2.19. The minimum atomic E-state index is 0.628. The zero-order chi connectivity index (χ0) is 13.5. The molecule has 1 nitrogen and oxygen atoms in total. The number of unbranched alkanes of at least 4 members (excludes halogenated alkanes) is 3. The molecule has 1 rings (SSSR count). The van der Waals surface area contributed by atoms with E-state index < -0.39 is 0 Å². The van der Waals surface area contributed by atoms with Crippen LogP contribution in [0.1, 0.15) is 63.1 Å². The minimum absolute atomic E-state index is 0.628. The van der Waals surface area contributed by atoms with Gasteiger partial charge in [0, 0.05) is 11.3 Å². The molecule has 0 spiro atoms. The lowest BCUT2D eigenvalue weighted by Gasteiger charge is -2.11. The Balaban J connectivity index is 2.80. The molecule has 0 unspecified atom stereocenters. The quantitative estimate of drug-likeness (QED) is 0.501. The highest BCUT2D eigenvalue weighted by molar-refractivity contribution is 6.00. The molecule has 0 radical (unpaired) electrons. The van der Waals surface area contributed by atoms with Crippen LogP contribution in [-0.4, -0.2) is 5.71 Å². The number of aryl methyl sites for hydroxylation is 1. The van der Waals surface area contributed by atoms with E-state index in [1.54, 1.807) is 0 Å². The Labute approximate surface area is 111 Å². The van der Waals surface area contributed by atoms with E-state index in [0.29, 0.717) is 5.71 Å². The first-order valence-corrected chi connectivity index (χ1v) is 6.90. The van der Waals surface area contributed by atoms with Gasteiger partial charge in [-0.3, -0.25) is 0 Å². The van der Waals surface area contributed by atoms with Crippen molar-refractivity contribution in [3.8, 4) is 0 Å². The molecule has 0 fully saturated rings. The summed E-state index contributed by atoms with van der Waals surface area (Å²) in [6.45, 7) is 10.1. The van der Waals surface area contributed by atoms with Crippen LogP contribution in [0.25, 0.3) is 5.57 Å². The summed E-state index contributed by atoms with van der Waals surface area (Å²) in [6.07, 6.45) is 6.27. The van der Waals surface area contributed by atoms with Crippen molar-refractivity contribution in [2.75, 3.05) is 0 Å². The monoisotopic (exact) mass is 243 g/mol. The number of rotatable bonds is 7. The topological polar surface area (TPSA) is 23.9 Å². The summed E-state index contributed by atoms with van der Waals surface area (Å²) in [5, 5.41) is 7.87. The molecule has 0 bridgehead atoms. The van der Waals surface area contributed by atoms with Crippen molar-refractivity contribution in [1.82, 2.24) is 0 Å². The van der Waals surface area contributed by atoms with E-state index in [0.717, 1.165) is 23.1 Å². The van der Waals surface area contributed by atoms with Crippen molar-refractivity contribution >= 4 is 11.3 Å².